The molecule has 0 aliphatic carbocycles. The van der Waals surface area contributed by atoms with Crippen LogP contribution in [0.2, 0.25) is 0 Å². The molecule has 0 saturated carbocycles. The first-order valence-corrected chi connectivity index (χ1v) is 10.0. The van der Waals surface area contributed by atoms with Crippen LogP contribution in [0.3, 0.4) is 0 Å². The average Bonchev–Trinajstić information content (AvgIpc) is 2.89. The van der Waals surface area contributed by atoms with Crippen LogP contribution in [0.4, 0.5) is 5.69 Å². The molecule has 2 aromatic rings. The molecule has 1 spiro atoms. The summed E-state index contributed by atoms with van der Waals surface area (Å²) in [6.07, 6.45) is 1.66. The molecule has 2 saturated heterocycles. The van der Waals surface area contributed by atoms with Crippen molar-refractivity contribution in [2.75, 3.05) is 23.9 Å². The Hall–Kier alpha value is -0.254. The first-order valence-electron chi connectivity index (χ1n) is 8.60. The van der Waals surface area contributed by atoms with Crippen molar-refractivity contribution in [3.8, 4) is 0 Å². The molecular formula is C19H22KN3O2S. The summed E-state index contributed by atoms with van der Waals surface area (Å²) in [5.74, 6) is 0. The second kappa shape index (κ2) is 8.40. The normalized spacial score (nSPS) is 21.5. The molecule has 4 rings (SSSR count). The molecule has 0 radical (unpaired) electrons. The summed E-state index contributed by atoms with van der Waals surface area (Å²) in [5, 5.41) is 0. The monoisotopic (exact) mass is 395 g/mol. The van der Waals surface area contributed by atoms with Gasteiger partial charge < -0.3 is 0 Å². The van der Waals surface area contributed by atoms with Gasteiger partial charge in [-0.3, -0.25) is 9.21 Å². The van der Waals surface area contributed by atoms with Crippen molar-refractivity contribution in [1.29, 1.82) is 0 Å². The van der Waals surface area contributed by atoms with Gasteiger partial charge in [0.1, 0.15) is 0 Å². The van der Waals surface area contributed by atoms with E-state index >= 15 is 0 Å². The van der Waals surface area contributed by atoms with Gasteiger partial charge in [-0.1, -0.05) is 36.0 Å². The van der Waals surface area contributed by atoms with Crippen LogP contribution in [-0.2, 0) is 16.8 Å². The maximum atomic E-state index is 12.6. The van der Waals surface area contributed by atoms with E-state index in [0.717, 1.165) is 32.5 Å². The second-order valence-electron chi connectivity index (χ2n) is 6.91. The summed E-state index contributed by atoms with van der Waals surface area (Å²) in [6, 6.07) is 20.4. The Bertz CT molecular complexity index is 822. The fraction of sp³-hybridized carbons (Fsp3) is 0.368. The Labute approximate surface area is 198 Å². The van der Waals surface area contributed by atoms with E-state index < -0.39 is 10.2 Å². The van der Waals surface area contributed by atoms with Gasteiger partial charge in [0.05, 0.1) is 12.1 Å². The Kier molecular flexibility index (Phi) is 6.62. The zero-order valence-corrected chi connectivity index (χ0v) is 19.0. The van der Waals surface area contributed by atoms with Crippen molar-refractivity contribution in [2.24, 2.45) is 0 Å². The molecular weight excluding hydrogens is 373 g/mol. The SMILES string of the molecule is O=S1(=O)NC2(CCN(Cc3ccccc3)CC2)CN1c1cc[c-]cc1.[K+]. The van der Waals surface area contributed by atoms with Gasteiger partial charge >= 0.3 is 51.4 Å². The first-order chi connectivity index (χ1) is 12.1. The number of anilines is 1. The molecule has 132 valence electrons. The van der Waals surface area contributed by atoms with E-state index in [-0.39, 0.29) is 56.9 Å². The number of hydrogen-bond acceptors (Lipinski definition) is 3. The molecule has 0 bridgehead atoms. The van der Waals surface area contributed by atoms with E-state index in [0.29, 0.717) is 12.2 Å². The van der Waals surface area contributed by atoms with Crippen LogP contribution in [0.5, 0.6) is 0 Å². The zero-order valence-electron chi connectivity index (χ0n) is 15.1. The first kappa shape index (κ1) is 20.5. The topological polar surface area (TPSA) is 52.7 Å². The molecule has 2 aliphatic heterocycles. The molecule has 0 amide bonds. The van der Waals surface area contributed by atoms with E-state index in [1.54, 1.807) is 24.3 Å². The molecule has 2 aliphatic rings. The Balaban J connectivity index is 0.00000196. The van der Waals surface area contributed by atoms with Crippen LogP contribution in [0.1, 0.15) is 18.4 Å². The van der Waals surface area contributed by atoms with Crippen molar-refractivity contribution in [1.82, 2.24) is 9.62 Å². The van der Waals surface area contributed by atoms with Crippen LogP contribution in [-0.4, -0.2) is 38.5 Å². The summed E-state index contributed by atoms with van der Waals surface area (Å²) in [7, 11) is -3.47. The predicted molar refractivity (Wildman–Crippen MR) is 98.4 cm³/mol. The van der Waals surface area contributed by atoms with Gasteiger partial charge in [0, 0.05) is 19.6 Å². The summed E-state index contributed by atoms with van der Waals surface area (Å²) in [4.78, 5) is 2.40. The van der Waals surface area contributed by atoms with Crippen LogP contribution in [0.15, 0.2) is 54.6 Å². The maximum absolute atomic E-state index is 12.6. The predicted octanol–water partition coefficient (Wildman–Crippen LogP) is -0.820. The van der Waals surface area contributed by atoms with E-state index in [2.05, 4.69) is 40.0 Å². The third-order valence-electron chi connectivity index (χ3n) is 5.13. The van der Waals surface area contributed by atoms with E-state index in [9.17, 15) is 8.42 Å². The summed E-state index contributed by atoms with van der Waals surface area (Å²) < 4.78 is 29.6. The minimum atomic E-state index is -3.47. The van der Waals surface area contributed by atoms with Crippen LogP contribution < -0.4 is 60.4 Å². The molecule has 2 aromatic carbocycles. The van der Waals surface area contributed by atoms with Gasteiger partial charge in [0.15, 0.2) is 0 Å². The van der Waals surface area contributed by atoms with Crippen molar-refractivity contribution in [3.63, 3.8) is 0 Å². The number of rotatable bonds is 3. The van der Waals surface area contributed by atoms with Crippen LogP contribution in [0, 0.1) is 6.07 Å². The second-order valence-corrected chi connectivity index (χ2v) is 8.51. The number of benzene rings is 2. The van der Waals surface area contributed by atoms with Gasteiger partial charge in [0.2, 0.25) is 0 Å². The van der Waals surface area contributed by atoms with Crippen molar-refractivity contribution >= 4 is 15.9 Å². The van der Waals surface area contributed by atoms with E-state index in [4.69, 9.17) is 0 Å². The molecule has 5 nitrogen and oxygen atoms in total. The molecule has 0 unspecified atom stereocenters. The quantitative estimate of drug-likeness (QED) is 0.546. The van der Waals surface area contributed by atoms with Gasteiger partial charge in [-0.25, -0.2) is 0 Å². The third kappa shape index (κ3) is 4.42. The van der Waals surface area contributed by atoms with E-state index in [1.165, 1.54) is 9.87 Å². The largest absolute Gasteiger partial charge is 1.00 e. The van der Waals surface area contributed by atoms with Crippen molar-refractivity contribution < 1.29 is 59.8 Å². The van der Waals surface area contributed by atoms with Crippen LogP contribution >= 0.6 is 0 Å². The Morgan fingerprint density at radius 2 is 1.69 bits per heavy atom. The molecule has 26 heavy (non-hydrogen) atoms. The van der Waals surface area contributed by atoms with E-state index in [1.807, 2.05) is 6.07 Å². The van der Waals surface area contributed by atoms with Gasteiger partial charge in [-0.15, -0.1) is 12.1 Å². The fourth-order valence-corrected chi connectivity index (χ4v) is 5.48. The third-order valence-corrected chi connectivity index (χ3v) is 6.74. The minimum Gasteiger partial charge on any atom is -0.299 e. The number of nitrogens with one attached hydrogen (secondary N) is 1. The number of hydrogen-bond donors (Lipinski definition) is 1. The van der Waals surface area contributed by atoms with Crippen LogP contribution in [0.25, 0.3) is 0 Å². The minimum absolute atomic E-state index is 0. The molecule has 0 atom stereocenters. The Morgan fingerprint density at radius 3 is 2.35 bits per heavy atom. The smallest absolute Gasteiger partial charge is 0.299 e. The van der Waals surface area contributed by atoms with Crippen molar-refractivity contribution in [3.05, 3.63) is 66.2 Å². The summed E-state index contributed by atoms with van der Waals surface area (Å²) >= 11 is 0. The standard InChI is InChI=1S/C19H22N3O2S.K/c23-25(24)20-19(16-22(25)18-9-5-2-6-10-18)11-13-21(14-12-19)15-17-7-3-1-4-8-17;/h1,3-10,20H,11-16H2;/q-1;+1. The van der Waals surface area contributed by atoms with Gasteiger partial charge in [0.25, 0.3) is 10.2 Å². The molecule has 2 heterocycles. The molecule has 0 aromatic heterocycles. The van der Waals surface area contributed by atoms with Crippen molar-refractivity contribution in [2.45, 2.75) is 24.9 Å². The van der Waals surface area contributed by atoms with Gasteiger partial charge in [-0.05, 0) is 18.4 Å². The zero-order chi connectivity index (χ0) is 17.3. The molecule has 2 fully saturated rings. The molecule has 7 heteroatoms. The average molecular weight is 396 g/mol. The number of nitrogens with zero attached hydrogens (tertiary/aromatic N) is 2. The maximum Gasteiger partial charge on any atom is 1.00 e. The number of piperidine rings is 1. The summed E-state index contributed by atoms with van der Waals surface area (Å²) in [5.41, 5.74) is 1.65. The fourth-order valence-electron chi connectivity index (χ4n) is 3.74. The number of likely N-dealkylation sites (tertiary alicyclic amines) is 1. The Morgan fingerprint density at radius 1 is 1.04 bits per heavy atom. The summed E-state index contributed by atoms with van der Waals surface area (Å²) in [6.45, 7) is 3.21. The van der Waals surface area contributed by atoms with Gasteiger partial charge in [-0.2, -0.15) is 31.3 Å². The molecule has 1 N–H and O–H groups in total.